The summed E-state index contributed by atoms with van der Waals surface area (Å²) in [6, 6.07) is 7.20. The standard InChI is InChI=1S/C20H27F2N5O2.HI/c1-23-20(25-13-15-9-10-27(26-15)16-5-3-4-6-16)24-12-14-11-17(28-2)7-8-18(14)29-19(21)22;/h7-11,16,19H,3-6,12-13H2,1-2H3,(H2,23,24,25);1H. The van der Waals surface area contributed by atoms with E-state index in [1.54, 1.807) is 19.2 Å². The third-order valence-corrected chi connectivity index (χ3v) is 4.95. The van der Waals surface area contributed by atoms with Crippen LogP contribution in [-0.4, -0.2) is 36.5 Å². The number of aliphatic imine (C=N–C) groups is 1. The van der Waals surface area contributed by atoms with Gasteiger partial charge in [0.25, 0.3) is 0 Å². The van der Waals surface area contributed by atoms with Crippen molar-refractivity contribution in [1.29, 1.82) is 0 Å². The summed E-state index contributed by atoms with van der Waals surface area (Å²) in [5.41, 5.74) is 1.46. The molecule has 1 aromatic heterocycles. The zero-order valence-electron chi connectivity index (χ0n) is 17.1. The highest BCUT2D eigenvalue weighted by atomic mass is 127. The monoisotopic (exact) mass is 535 g/mol. The van der Waals surface area contributed by atoms with E-state index in [1.165, 1.54) is 38.9 Å². The molecule has 1 fully saturated rings. The molecule has 0 radical (unpaired) electrons. The molecule has 30 heavy (non-hydrogen) atoms. The summed E-state index contributed by atoms with van der Waals surface area (Å²) in [7, 11) is 3.17. The highest BCUT2D eigenvalue weighted by Crippen LogP contribution is 2.28. The molecule has 0 aliphatic heterocycles. The molecule has 0 atom stereocenters. The van der Waals surface area contributed by atoms with Gasteiger partial charge in [-0.3, -0.25) is 9.67 Å². The van der Waals surface area contributed by atoms with Gasteiger partial charge in [-0.05, 0) is 37.1 Å². The van der Waals surface area contributed by atoms with Gasteiger partial charge in [0.15, 0.2) is 5.96 Å². The van der Waals surface area contributed by atoms with Crippen LogP contribution in [0.2, 0.25) is 0 Å². The third-order valence-electron chi connectivity index (χ3n) is 4.95. The van der Waals surface area contributed by atoms with E-state index >= 15 is 0 Å². The maximum atomic E-state index is 12.7. The maximum Gasteiger partial charge on any atom is 0.387 e. The Bertz CT molecular complexity index is 825. The number of aromatic nitrogens is 2. The van der Waals surface area contributed by atoms with E-state index < -0.39 is 6.61 Å². The highest BCUT2D eigenvalue weighted by Gasteiger charge is 2.17. The SMILES string of the molecule is CN=C(NCc1ccn(C2CCCC2)n1)NCc1cc(OC)ccc1OC(F)F.I. The number of methoxy groups -OCH3 is 1. The minimum Gasteiger partial charge on any atom is -0.497 e. The Morgan fingerprint density at radius 1 is 1.23 bits per heavy atom. The van der Waals surface area contributed by atoms with Crippen LogP contribution >= 0.6 is 24.0 Å². The van der Waals surface area contributed by atoms with Crippen LogP contribution in [0.4, 0.5) is 8.78 Å². The molecule has 1 aromatic carbocycles. The molecule has 0 bridgehead atoms. The van der Waals surface area contributed by atoms with E-state index in [2.05, 4.69) is 25.5 Å². The number of guanidine groups is 1. The molecule has 7 nitrogen and oxygen atoms in total. The molecule has 2 N–H and O–H groups in total. The Kier molecular flexibility index (Phi) is 9.60. The fourth-order valence-electron chi connectivity index (χ4n) is 3.45. The van der Waals surface area contributed by atoms with Crippen molar-refractivity contribution in [3.63, 3.8) is 0 Å². The van der Waals surface area contributed by atoms with E-state index in [9.17, 15) is 8.78 Å². The maximum absolute atomic E-state index is 12.7. The summed E-state index contributed by atoms with van der Waals surface area (Å²) in [5, 5.41) is 10.9. The normalized spacial score (nSPS) is 14.5. The van der Waals surface area contributed by atoms with Gasteiger partial charge in [-0.25, -0.2) is 0 Å². The molecule has 0 amide bonds. The number of benzene rings is 1. The van der Waals surface area contributed by atoms with Gasteiger partial charge in [0.2, 0.25) is 0 Å². The van der Waals surface area contributed by atoms with Crippen molar-refractivity contribution in [3.05, 3.63) is 41.7 Å². The smallest absolute Gasteiger partial charge is 0.387 e. The van der Waals surface area contributed by atoms with E-state index in [0.29, 0.717) is 29.9 Å². The second-order valence-electron chi connectivity index (χ2n) is 6.86. The number of alkyl halides is 2. The number of rotatable bonds is 8. The Labute approximate surface area is 192 Å². The van der Waals surface area contributed by atoms with Crippen LogP contribution in [0, 0.1) is 0 Å². The molecule has 1 aliphatic rings. The van der Waals surface area contributed by atoms with Crippen molar-refractivity contribution in [1.82, 2.24) is 20.4 Å². The molecule has 1 heterocycles. The topological polar surface area (TPSA) is 72.7 Å². The molecule has 0 saturated heterocycles. The first kappa shape index (κ1) is 24.2. The first-order valence-electron chi connectivity index (χ1n) is 9.69. The molecule has 0 unspecified atom stereocenters. The van der Waals surface area contributed by atoms with Gasteiger partial charge in [-0.15, -0.1) is 24.0 Å². The van der Waals surface area contributed by atoms with Gasteiger partial charge in [0, 0.05) is 25.4 Å². The summed E-state index contributed by atoms with van der Waals surface area (Å²) >= 11 is 0. The van der Waals surface area contributed by atoms with E-state index in [1.807, 2.05) is 16.9 Å². The van der Waals surface area contributed by atoms with Crippen molar-refractivity contribution in [3.8, 4) is 11.5 Å². The number of halogens is 3. The minimum absolute atomic E-state index is 0. The lowest BCUT2D eigenvalue weighted by atomic mass is 10.2. The van der Waals surface area contributed by atoms with E-state index in [0.717, 1.165) is 5.69 Å². The molecule has 166 valence electrons. The van der Waals surface area contributed by atoms with Crippen LogP contribution in [-0.2, 0) is 13.1 Å². The van der Waals surface area contributed by atoms with Gasteiger partial charge in [-0.2, -0.15) is 13.9 Å². The van der Waals surface area contributed by atoms with Crippen molar-refractivity contribution in [2.24, 2.45) is 4.99 Å². The molecule has 2 aromatic rings. The Morgan fingerprint density at radius 2 is 1.97 bits per heavy atom. The zero-order valence-corrected chi connectivity index (χ0v) is 19.4. The molecule has 1 saturated carbocycles. The predicted molar refractivity (Wildman–Crippen MR) is 122 cm³/mol. The number of nitrogens with one attached hydrogen (secondary N) is 2. The van der Waals surface area contributed by atoms with Crippen LogP contribution in [0.5, 0.6) is 11.5 Å². The van der Waals surface area contributed by atoms with Crippen molar-refractivity contribution in [2.75, 3.05) is 14.2 Å². The third kappa shape index (κ3) is 6.71. The Balaban J connectivity index is 0.00000320. The average Bonchev–Trinajstić information content (AvgIpc) is 3.40. The second kappa shape index (κ2) is 11.9. The van der Waals surface area contributed by atoms with Crippen LogP contribution in [0.1, 0.15) is 43.0 Å². The fourth-order valence-corrected chi connectivity index (χ4v) is 3.45. The molecular weight excluding hydrogens is 507 g/mol. The van der Waals surface area contributed by atoms with Crippen molar-refractivity contribution in [2.45, 2.75) is 51.4 Å². The van der Waals surface area contributed by atoms with Crippen LogP contribution in [0.3, 0.4) is 0 Å². The summed E-state index contributed by atoms with van der Waals surface area (Å²) < 4.78 is 37.1. The van der Waals surface area contributed by atoms with Gasteiger partial charge >= 0.3 is 6.61 Å². The number of nitrogens with zero attached hydrogens (tertiary/aromatic N) is 3. The largest absolute Gasteiger partial charge is 0.497 e. The predicted octanol–water partition coefficient (Wildman–Crippen LogP) is 4.09. The van der Waals surface area contributed by atoms with Gasteiger partial charge in [0.1, 0.15) is 11.5 Å². The average molecular weight is 535 g/mol. The van der Waals surface area contributed by atoms with E-state index in [-0.39, 0.29) is 36.3 Å². The van der Waals surface area contributed by atoms with Crippen molar-refractivity contribution >= 4 is 29.9 Å². The summed E-state index contributed by atoms with van der Waals surface area (Å²) in [5.74, 6) is 1.19. The van der Waals surface area contributed by atoms with Gasteiger partial charge in [0.05, 0.1) is 25.4 Å². The highest BCUT2D eigenvalue weighted by molar-refractivity contribution is 14.0. The van der Waals surface area contributed by atoms with Crippen LogP contribution in [0.25, 0.3) is 0 Å². The van der Waals surface area contributed by atoms with E-state index in [4.69, 9.17) is 4.74 Å². The lowest BCUT2D eigenvalue weighted by Crippen LogP contribution is -2.36. The molecular formula is C20H28F2IN5O2. The molecule has 0 spiro atoms. The quantitative estimate of drug-likeness (QED) is 0.303. The van der Waals surface area contributed by atoms with Gasteiger partial charge < -0.3 is 20.1 Å². The summed E-state index contributed by atoms with van der Waals surface area (Å²) in [6.07, 6.45) is 6.91. The first-order chi connectivity index (χ1) is 14.1. The zero-order chi connectivity index (χ0) is 20.6. The Morgan fingerprint density at radius 3 is 2.63 bits per heavy atom. The number of ether oxygens (including phenoxy) is 2. The summed E-state index contributed by atoms with van der Waals surface area (Å²) in [4.78, 5) is 4.18. The van der Waals surface area contributed by atoms with Crippen molar-refractivity contribution < 1.29 is 18.3 Å². The van der Waals surface area contributed by atoms with Crippen LogP contribution < -0.4 is 20.1 Å². The fraction of sp³-hybridized carbons (Fsp3) is 0.500. The number of hydrogen-bond acceptors (Lipinski definition) is 4. The van der Waals surface area contributed by atoms with Gasteiger partial charge in [-0.1, -0.05) is 12.8 Å². The molecule has 10 heteroatoms. The first-order valence-corrected chi connectivity index (χ1v) is 9.69. The molecule has 3 rings (SSSR count). The van der Waals surface area contributed by atoms with Crippen LogP contribution in [0.15, 0.2) is 35.5 Å². The lowest BCUT2D eigenvalue weighted by Gasteiger charge is -2.15. The molecule has 1 aliphatic carbocycles. The summed E-state index contributed by atoms with van der Waals surface area (Å²) in [6.45, 7) is -2.14. The minimum atomic E-state index is -2.89. The number of hydrogen-bond donors (Lipinski definition) is 2. The lowest BCUT2D eigenvalue weighted by molar-refractivity contribution is -0.0504. The Hall–Kier alpha value is -2.11. The second-order valence-corrected chi connectivity index (χ2v) is 6.86.